The Hall–Kier alpha value is -2.33. The summed E-state index contributed by atoms with van der Waals surface area (Å²) in [6.07, 6.45) is 0. The number of ether oxygens (including phenoxy) is 1. The SMILES string of the molecule is CCOc1ccc(-c2csc(-c3ccccc3C)n2)cc1N. The van der Waals surface area contributed by atoms with Crippen LogP contribution in [0.1, 0.15) is 12.5 Å². The van der Waals surface area contributed by atoms with Crippen molar-refractivity contribution in [2.24, 2.45) is 0 Å². The third kappa shape index (κ3) is 2.83. The summed E-state index contributed by atoms with van der Waals surface area (Å²) >= 11 is 1.65. The Morgan fingerprint density at radius 2 is 2.00 bits per heavy atom. The van der Waals surface area contributed by atoms with E-state index < -0.39 is 0 Å². The van der Waals surface area contributed by atoms with Gasteiger partial charge in [0.2, 0.25) is 0 Å². The van der Waals surface area contributed by atoms with Crippen molar-refractivity contribution < 1.29 is 4.74 Å². The van der Waals surface area contributed by atoms with Crippen LogP contribution in [0.4, 0.5) is 5.69 Å². The Kier molecular flexibility index (Phi) is 4.11. The van der Waals surface area contributed by atoms with Gasteiger partial charge in [-0.2, -0.15) is 0 Å². The molecule has 0 saturated carbocycles. The van der Waals surface area contributed by atoms with E-state index in [1.165, 1.54) is 11.1 Å². The van der Waals surface area contributed by atoms with Crippen LogP contribution < -0.4 is 10.5 Å². The first-order valence-corrected chi connectivity index (χ1v) is 8.11. The number of anilines is 1. The van der Waals surface area contributed by atoms with Crippen molar-refractivity contribution >= 4 is 17.0 Å². The van der Waals surface area contributed by atoms with Crippen LogP contribution >= 0.6 is 11.3 Å². The third-order valence-electron chi connectivity index (χ3n) is 3.49. The van der Waals surface area contributed by atoms with Crippen molar-refractivity contribution in [2.75, 3.05) is 12.3 Å². The van der Waals surface area contributed by atoms with E-state index in [-0.39, 0.29) is 0 Å². The standard InChI is InChI=1S/C18H18N2OS/c1-3-21-17-9-8-13(10-15(17)19)16-11-22-18(20-16)14-7-5-4-6-12(14)2/h4-11H,3,19H2,1-2H3. The van der Waals surface area contributed by atoms with Gasteiger partial charge in [0, 0.05) is 16.5 Å². The normalized spacial score (nSPS) is 10.6. The summed E-state index contributed by atoms with van der Waals surface area (Å²) in [5.41, 5.74) is 11.0. The number of nitrogens with two attached hydrogens (primary N) is 1. The molecule has 0 aliphatic carbocycles. The maximum atomic E-state index is 6.04. The summed E-state index contributed by atoms with van der Waals surface area (Å²) in [5, 5.41) is 3.09. The van der Waals surface area contributed by atoms with Crippen LogP contribution in [0.15, 0.2) is 47.8 Å². The van der Waals surface area contributed by atoms with Gasteiger partial charge < -0.3 is 10.5 Å². The van der Waals surface area contributed by atoms with Crippen LogP contribution in [0.5, 0.6) is 5.75 Å². The first-order valence-electron chi connectivity index (χ1n) is 7.23. The van der Waals surface area contributed by atoms with Gasteiger partial charge in [-0.15, -0.1) is 11.3 Å². The number of hydrogen-bond donors (Lipinski definition) is 1. The van der Waals surface area contributed by atoms with Gasteiger partial charge in [-0.25, -0.2) is 4.98 Å². The Balaban J connectivity index is 1.94. The highest BCUT2D eigenvalue weighted by Crippen LogP contribution is 2.33. The molecule has 0 aliphatic heterocycles. The third-order valence-corrected chi connectivity index (χ3v) is 4.36. The highest BCUT2D eigenvalue weighted by molar-refractivity contribution is 7.13. The fourth-order valence-corrected chi connectivity index (χ4v) is 3.26. The summed E-state index contributed by atoms with van der Waals surface area (Å²) in [7, 11) is 0. The summed E-state index contributed by atoms with van der Waals surface area (Å²) in [4.78, 5) is 4.75. The zero-order valence-corrected chi connectivity index (χ0v) is 13.5. The predicted octanol–water partition coefficient (Wildman–Crippen LogP) is 4.77. The lowest BCUT2D eigenvalue weighted by atomic mass is 10.1. The lowest BCUT2D eigenvalue weighted by molar-refractivity contribution is 0.342. The van der Waals surface area contributed by atoms with Crippen molar-refractivity contribution in [1.29, 1.82) is 0 Å². The molecule has 3 aromatic rings. The van der Waals surface area contributed by atoms with Gasteiger partial charge >= 0.3 is 0 Å². The molecule has 3 nitrogen and oxygen atoms in total. The molecule has 22 heavy (non-hydrogen) atoms. The van der Waals surface area contributed by atoms with E-state index in [1.54, 1.807) is 11.3 Å². The quantitative estimate of drug-likeness (QED) is 0.706. The number of nitrogen functional groups attached to an aromatic ring is 1. The Bertz CT molecular complexity index is 795. The number of nitrogens with zero attached hydrogens (tertiary/aromatic N) is 1. The second-order valence-corrected chi connectivity index (χ2v) is 5.90. The Morgan fingerprint density at radius 1 is 1.18 bits per heavy atom. The molecule has 4 heteroatoms. The van der Waals surface area contributed by atoms with Crippen LogP contribution in [0.2, 0.25) is 0 Å². The molecule has 0 amide bonds. The van der Waals surface area contributed by atoms with Crippen molar-refractivity contribution in [2.45, 2.75) is 13.8 Å². The monoisotopic (exact) mass is 310 g/mol. The number of benzene rings is 2. The van der Waals surface area contributed by atoms with E-state index in [0.29, 0.717) is 12.3 Å². The van der Waals surface area contributed by atoms with E-state index in [0.717, 1.165) is 22.0 Å². The molecule has 0 radical (unpaired) electrons. The van der Waals surface area contributed by atoms with Crippen LogP contribution in [-0.2, 0) is 0 Å². The van der Waals surface area contributed by atoms with Crippen molar-refractivity contribution in [1.82, 2.24) is 4.98 Å². The number of aromatic nitrogens is 1. The molecular weight excluding hydrogens is 292 g/mol. The molecular formula is C18H18N2OS. The van der Waals surface area contributed by atoms with Crippen LogP contribution in [0.3, 0.4) is 0 Å². The van der Waals surface area contributed by atoms with E-state index in [9.17, 15) is 0 Å². The summed E-state index contributed by atoms with van der Waals surface area (Å²) in [6, 6.07) is 14.1. The number of hydrogen-bond acceptors (Lipinski definition) is 4. The average molecular weight is 310 g/mol. The highest BCUT2D eigenvalue weighted by Gasteiger charge is 2.10. The largest absolute Gasteiger partial charge is 0.492 e. The topological polar surface area (TPSA) is 48.1 Å². The molecule has 1 heterocycles. The summed E-state index contributed by atoms with van der Waals surface area (Å²) in [6.45, 7) is 4.66. The maximum absolute atomic E-state index is 6.04. The summed E-state index contributed by atoms with van der Waals surface area (Å²) < 4.78 is 5.47. The maximum Gasteiger partial charge on any atom is 0.142 e. The van der Waals surface area contributed by atoms with E-state index in [4.69, 9.17) is 15.5 Å². The average Bonchev–Trinajstić information content (AvgIpc) is 2.99. The van der Waals surface area contributed by atoms with Gasteiger partial charge in [0.1, 0.15) is 10.8 Å². The summed E-state index contributed by atoms with van der Waals surface area (Å²) in [5.74, 6) is 0.723. The molecule has 0 bridgehead atoms. The Labute approximate surface area is 134 Å². The minimum atomic E-state index is 0.609. The highest BCUT2D eigenvalue weighted by atomic mass is 32.1. The second kappa shape index (κ2) is 6.20. The molecule has 1 aromatic heterocycles. The van der Waals surface area contributed by atoms with Crippen molar-refractivity contribution in [3.8, 4) is 27.6 Å². The smallest absolute Gasteiger partial charge is 0.142 e. The number of thiazole rings is 1. The zero-order valence-electron chi connectivity index (χ0n) is 12.7. The van der Waals surface area contributed by atoms with Gasteiger partial charge in [0.05, 0.1) is 18.0 Å². The van der Waals surface area contributed by atoms with E-state index in [1.807, 2.05) is 37.3 Å². The van der Waals surface area contributed by atoms with Crippen LogP contribution in [0, 0.1) is 6.92 Å². The molecule has 0 saturated heterocycles. The molecule has 0 aliphatic rings. The van der Waals surface area contributed by atoms with Gasteiger partial charge in [-0.1, -0.05) is 24.3 Å². The Morgan fingerprint density at radius 3 is 2.73 bits per heavy atom. The lowest BCUT2D eigenvalue weighted by Crippen LogP contribution is -1.96. The van der Waals surface area contributed by atoms with Gasteiger partial charge in [0.25, 0.3) is 0 Å². The van der Waals surface area contributed by atoms with Gasteiger partial charge in [-0.3, -0.25) is 0 Å². The minimum absolute atomic E-state index is 0.609. The van der Waals surface area contributed by atoms with Gasteiger partial charge in [-0.05, 0) is 37.6 Å². The van der Waals surface area contributed by atoms with Crippen LogP contribution in [0.25, 0.3) is 21.8 Å². The van der Waals surface area contributed by atoms with Crippen LogP contribution in [-0.4, -0.2) is 11.6 Å². The molecule has 0 atom stereocenters. The zero-order chi connectivity index (χ0) is 15.5. The molecule has 0 spiro atoms. The van der Waals surface area contributed by atoms with Gasteiger partial charge in [0.15, 0.2) is 0 Å². The fourth-order valence-electron chi connectivity index (χ4n) is 2.34. The molecule has 2 N–H and O–H groups in total. The second-order valence-electron chi connectivity index (χ2n) is 5.04. The molecule has 2 aromatic carbocycles. The van der Waals surface area contributed by atoms with E-state index in [2.05, 4.69) is 24.4 Å². The lowest BCUT2D eigenvalue weighted by Gasteiger charge is -2.07. The minimum Gasteiger partial charge on any atom is -0.492 e. The number of rotatable bonds is 4. The first kappa shape index (κ1) is 14.6. The molecule has 0 unspecified atom stereocenters. The van der Waals surface area contributed by atoms with Crippen molar-refractivity contribution in [3.63, 3.8) is 0 Å². The molecule has 3 rings (SSSR count). The van der Waals surface area contributed by atoms with Crippen molar-refractivity contribution in [3.05, 3.63) is 53.4 Å². The first-order chi connectivity index (χ1) is 10.7. The number of aryl methyl sites for hydroxylation is 1. The molecule has 112 valence electrons. The molecule has 0 fully saturated rings. The predicted molar refractivity (Wildman–Crippen MR) is 93.3 cm³/mol. The fraction of sp³-hybridized carbons (Fsp3) is 0.167. The van der Waals surface area contributed by atoms with E-state index >= 15 is 0 Å².